The lowest BCUT2D eigenvalue weighted by atomic mass is 9.78. The Labute approximate surface area is 196 Å². The van der Waals surface area contributed by atoms with E-state index in [4.69, 9.17) is 4.74 Å². The lowest BCUT2D eigenvalue weighted by Crippen LogP contribution is -2.50. The fourth-order valence-corrected chi connectivity index (χ4v) is 6.67. The molecule has 1 N–H and O–H groups in total. The summed E-state index contributed by atoms with van der Waals surface area (Å²) in [5.74, 6) is 0.745. The Balaban J connectivity index is 1.54. The molecule has 2 heterocycles. The zero-order valence-electron chi connectivity index (χ0n) is 19.6. The zero-order chi connectivity index (χ0) is 23.6. The SMILES string of the molecule is C[C@@H]1[C@H](C)CCC[C@H]1NC(=O)CN1C(=O)COc2ccc(S(=O)(=O)N3CCCCCC3)cc21. The molecule has 0 radical (unpaired) electrons. The van der Waals surface area contributed by atoms with Crippen molar-refractivity contribution in [1.82, 2.24) is 9.62 Å². The first-order chi connectivity index (χ1) is 15.8. The van der Waals surface area contributed by atoms with Gasteiger partial charge in [-0.2, -0.15) is 4.31 Å². The van der Waals surface area contributed by atoms with Crippen molar-refractivity contribution >= 4 is 27.5 Å². The Kier molecular flexibility index (Phi) is 7.28. The molecule has 33 heavy (non-hydrogen) atoms. The molecule has 3 aliphatic rings. The Morgan fingerprint density at radius 3 is 2.55 bits per heavy atom. The van der Waals surface area contributed by atoms with Crippen molar-refractivity contribution in [2.75, 3.05) is 31.1 Å². The number of sulfonamides is 1. The van der Waals surface area contributed by atoms with Gasteiger partial charge < -0.3 is 10.1 Å². The van der Waals surface area contributed by atoms with Gasteiger partial charge in [0, 0.05) is 19.1 Å². The summed E-state index contributed by atoms with van der Waals surface area (Å²) < 4.78 is 33.6. The zero-order valence-corrected chi connectivity index (χ0v) is 20.4. The van der Waals surface area contributed by atoms with Gasteiger partial charge in [0.25, 0.3) is 5.91 Å². The van der Waals surface area contributed by atoms with Crippen LogP contribution in [-0.2, 0) is 19.6 Å². The second kappa shape index (κ2) is 10.0. The van der Waals surface area contributed by atoms with Crippen molar-refractivity contribution < 1.29 is 22.7 Å². The summed E-state index contributed by atoms with van der Waals surface area (Å²) >= 11 is 0. The maximum atomic E-state index is 13.3. The van der Waals surface area contributed by atoms with Gasteiger partial charge in [-0.1, -0.05) is 39.5 Å². The van der Waals surface area contributed by atoms with Crippen LogP contribution in [0.4, 0.5) is 5.69 Å². The van der Waals surface area contributed by atoms with E-state index in [1.54, 1.807) is 6.07 Å². The number of ether oxygens (including phenoxy) is 1. The van der Waals surface area contributed by atoms with Crippen LogP contribution in [0.3, 0.4) is 0 Å². The van der Waals surface area contributed by atoms with E-state index in [2.05, 4.69) is 19.2 Å². The largest absolute Gasteiger partial charge is 0.482 e. The molecule has 182 valence electrons. The number of rotatable bonds is 5. The van der Waals surface area contributed by atoms with E-state index in [1.165, 1.54) is 21.3 Å². The van der Waals surface area contributed by atoms with E-state index >= 15 is 0 Å². The smallest absolute Gasteiger partial charge is 0.265 e. The van der Waals surface area contributed by atoms with Gasteiger partial charge in [-0.15, -0.1) is 0 Å². The van der Waals surface area contributed by atoms with E-state index in [0.29, 0.717) is 36.4 Å². The number of nitrogens with zero attached hydrogens (tertiary/aromatic N) is 2. The second-order valence-electron chi connectivity index (χ2n) is 9.66. The summed E-state index contributed by atoms with van der Waals surface area (Å²) in [6.07, 6.45) is 6.92. The minimum atomic E-state index is -3.69. The molecule has 8 nitrogen and oxygen atoms in total. The molecule has 1 aromatic rings. The van der Waals surface area contributed by atoms with Crippen LogP contribution >= 0.6 is 0 Å². The quantitative estimate of drug-likeness (QED) is 0.704. The number of hydrogen-bond acceptors (Lipinski definition) is 5. The molecule has 0 unspecified atom stereocenters. The first-order valence-corrected chi connectivity index (χ1v) is 13.6. The molecule has 0 spiro atoms. The van der Waals surface area contributed by atoms with Crippen molar-refractivity contribution in [3.05, 3.63) is 18.2 Å². The highest BCUT2D eigenvalue weighted by molar-refractivity contribution is 7.89. The molecule has 1 saturated carbocycles. The highest BCUT2D eigenvalue weighted by atomic mass is 32.2. The van der Waals surface area contributed by atoms with E-state index in [-0.39, 0.29) is 35.9 Å². The van der Waals surface area contributed by atoms with Crippen LogP contribution < -0.4 is 15.0 Å². The van der Waals surface area contributed by atoms with Crippen molar-refractivity contribution in [2.24, 2.45) is 11.8 Å². The monoisotopic (exact) mass is 477 g/mol. The summed E-state index contributed by atoms with van der Waals surface area (Å²) in [5.41, 5.74) is 0.336. The van der Waals surface area contributed by atoms with E-state index in [9.17, 15) is 18.0 Å². The molecule has 2 fully saturated rings. The van der Waals surface area contributed by atoms with E-state index in [1.807, 2.05) is 0 Å². The lowest BCUT2D eigenvalue weighted by molar-refractivity contribution is -0.126. The molecular weight excluding hydrogens is 442 g/mol. The standard InChI is InChI=1S/C24H35N3O5S/c1-17-8-7-9-20(18(17)2)25-23(28)15-27-21-14-19(10-11-22(21)32-16-24(27)29)33(30,31)26-12-5-3-4-6-13-26/h10-11,14,17-18,20H,3-9,12-13,15-16H2,1-2H3,(H,25,28)/t17-,18-,20-/m1/s1. The van der Waals surface area contributed by atoms with Gasteiger partial charge in [0.1, 0.15) is 12.3 Å². The van der Waals surface area contributed by atoms with Crippen LogP contribution in [-0.4, -0.2) is 56.8 Å². The highest BCUT2D eigenvalue weighted by Gasteiger charge is 2.33. The molecule has 0 bridgehead atoms. The van der Waals surface area contributed by atoms with Crippen LogP contribution in [0.2, 0.25) is 0 Å². The first kappa shape index (κ1) is 24.0. The molecule has 1 saturated heterocycles. The normalized spacial score (nSPS) is 26.8. The Morgan fingerprint density at radius 1 is 1.09 bits per heavy atom. The maximum Gasteiger partial charge on any atom is 0.265 e. The first-order valence-electron chi connectivity index (χ1n) is 12.1. The minimum absolute atomic E-state index is 0.0895. The van der Waals surface area contributed by atoms with Crippen molar-refractivity contribution in [3.8, 4) is 5.75 Å². The molecular formula is C24H35N3O5S. The molecule has 9 heteroatoms. The number of anilines is 1. The van der Waals surface area contributed by atoms with E-state index in [0.717, 1.165) is 44.9 Å². The fourth-order valence-electron chi connectivity index (χ4n) is 5.13. The topological polar surface area (TPSA) is 96.0 Å². The van der Waals surface area contributed by atoms with Crippen LogP contribution in [0.5, 0.6) is 5.75 Å². The van der Waals surface area contributed by atoms with Gasteiger partial charge in [-0.3, -0.25) is 14.5 Å². The summed E-state index contributed by atoms with van der Waals surface area (Å²) in [6.45, 7) is 5.04. The van der Waals surface area contributed by atoms with Gasteiger partial charge in [0.05, 0.1) is 10.6 Å². The molecule has 3 atom stereocenters. The average molecular weight is 478 g/mol. The number of carbonyl (C=O) groups excluding carboxylic acids is 2. The molecule has 4 rings (SSSR count). The van der Waals surface area contributed by atoms with Gasteiger partial charge >= 0.3 is 0 Å². The van der Waals surface area contributed by atoms with Crippen LogP contribution in [0.1, 0.15) is 58.8 Å². The Bertz CT molecular complexity index is 988. The number of amides is 2. The molecule has 2 amide bonds. The number of nitrogens with one attached hydrogen (secondary N) is 1. The summed E-state index contributed by atoms with van der Waals surface area (Å²) in [5, 5.41) is 3.10. The highest BCUT2D eigenvalue weighted by Crippen LogP contribution is 2.35. The number of carbonyl (C=O) groups is 2. The Morgan fingerprint density at radius 2 is 1.82 bits per heavy atom. The second-order valence-corrected chi connectivity index (χ2v) is 11.6. The minimum Gasteiger partial charge on any atom is -0.482 e. The van der Waals surface area contributed by atoms with Crippen LogP contribution in [0, 0.1) is 11.8 Å². The van der Waals surface area contributed by atoms with Gasteiger partial charge in [-0.25, -0.2) is 8.42 Å². The molecule has 2 aliphatic heterocycles. The van der Waals surface area contributed by atoms with Gasteiger partial charge in [0.15, 0.2) is 6.61 Å². The third kappa shape index (κ3) is 5.19. The maximum absolute atomic E-state index is 13.3. The van der Waals surface area contributed by atoms with E-state index < -0.39 is 10.0 Å². The van der Waals surface area contributed by atoms with Crippen molar-refractivity contribution in [2.45, 2.75) is 69.7 Å². The summed E-state index contributed by atoms with van der Waals surface area (Å²) in [6, 6.07) is 4.68. The Hall–Kier alpha value is -2.13. The molecule has 1 aliphatic carbocycles. The van der Waals surface area contributed by atoms with Crippen LogP contribution in [0.25, 0.3) is 0 Å². The third-order valence-electron chi connectivity index (χ3n) is 7.43. The lowest BCUT2D eigenvalue weighted by Gasteiger charge is -2.35. The van der Waals surface area contributed by atoms with Crippen LogP contribution in [0.15, 0.2) is 23.1 Å². The summed E-state index contributed by atoms with van der Waals surface area (Å²) in [4.78, 5) is 27.0. The predicted molar refractivity (Wildman–Crippen MR) is 126 cm³/mol. The van der Waals surface area contributed by atoms with Crippen molar-refractivity contribution in [3.63, 3.8) is 0 Å². The fraction of sp³-hybridized carbons (Fsp3) is 0.667. The summed E-state index contributed by atoms with van der Waals surface area (Å²) in [7, 11) is -3.69. The third-order valence-corrected chi connectivity index (χ3v) is 9.33. The van der Waals surface area contributed by atoms with Crippen molar-refractivity contribution in [1.29, 1.82) is 0 Å². The number of benzene rings is 1. The number of fused-ring (bicyclic) bond motifs is 1. The number of hydrogen-bond donors (Lipinski definition) is 1. The van der Waals surface area contributed by atoms with Gasteiger partial charge in [-0.05, 0) is 49.3 Å². The van der Waals surface area contributed by atoms with Gasteiger partial charge in [0.2, 0.25) is 15.9 Å². The predicted octanol–water partition coefficient (Wildman–Crippen LogP) is 2.92. The molecule has 1 aromatic carbocycles. The molecule has 0 aromatic heterocycles. The average Bonchev–Trinajstić information content (AvgIpc) is 3.09.